The molecule has 1 aliphatic rings. The van der Waals surface area contributed by atoms with Gasteiger partial charge in [-0.15, -0.1) is 0 Å². The molecule has 0 saturated heterocycles. The zero-order valence-corrected chi connectivity index (χ0v) is 8.54. The zero-order valence-electron chi connectivity index (χ0n) is 8.54. The van der Waals surface area contributed by atoms with Crippen molar-refractivity contribution in [3.05, 3.63) is 11.6 Å². The second kappa shape index (κ2) is 5.58. The van der Waals surface area contributed by atoms with Crippen molar-refractivity contribution in [2.24, 2.45) is 0 Å². The monoisotopic (exact) mass is 196 g/mol. The first-order valence-corrected chi connectivity index (χ1v) is 5.10. The maximum Gasteiger partial charge on any atom is 0.305 e. The van der Waals surface area contributed by atoms with Crippen LogP contribution in [0.5, 0.6) is 0 Å². The molecule has 0 unspecified atom stereocenters. The minimum atomic E-state index is -0.141. The highest BCUT2D eigenvalue weighted by atomic mass is 16.5. The van der Waals surface area contributed by atoms with Gasteiger partial charge in [0, 0.05) is 12.8 Å². The van der Waals surface area contributed by atoms with Crippen LogP contribution in [0.2, 0.25) is 0 Å². The summed E-state index contributed by atoms with van der Waals surface area (Å²) in [5.74, 6) is 0.0774. The summed E-state index contributed by atoms with van der Waals surface area (Å²) in [6.07, 6.45) is 5.34. The van der Waals surface area contributed by atoms with Crippen molar-refractivity contribution in [3.8, 4) is 0 Å². The molecular weight excluding hydrogens is 180 g/mol. The van der Waals surface area contributed by atoms with Crippen LogP contribution < -0.4 is 0 Å². The van der Waals surface area contributed by atoms with Crippen LogP contribution in [0.1, 0.15) is 39.0 Å². The molecule has 1 rings (SSSR count). The second-order valence-electron chi connectivity index (χ2n) is 3.43. The van der Waals surface area contributed by atoms with Gasteiger partial charge in [-0.05, 0) is 32.3 Å². The van der Waals surface area contributed by atoms with Crippen LogP contribution in [0.4, 0.5) is 0 Å². The van der Waals surface area contributed by atoms with Crippen molar-refractivity contribution in [1.29, 1.82) is 0 Å². The van der Waals surface area contributed by atoms with Gasteiger partial charge in [0.25, 0.3) is 0 Å². The summed E-state index contributed by atoms with van der Waals surface area (Å²) < 4.78 is 4.80. The number of hydrogen-bond acceptors (Lipinski definition) is 3. The number of ether oxygens (including phenoxy) is 1. The summed E-state index contributed by atoms with van der Waals surface area (Å²) in [5, 5.41) is 0. The summed E-state index contributed by atoms with van der Waals surface area (Å²) >= 11 is 0. The largest absolute Gasteiger partial charge is 0.466 e. The van der Waals surface area contributed by atoms with Crippen LogP contribution in [-0.2, 0) is 14.3 Å². The first kappa shape index (κ1) is 11.0. The van der Waals surface area contributed by atoms with Crippen LogP contribution in [0.25, 0.3) is 0 Å². The molecule has 0 spiro atoms. The highest BCUT2D eigenvalue weighted by Gasteiger charge is 2.11. The van der Waals surface area contributed by atoms with E-state index in [0.717, 1.165) is 19.3 Å². The lowest BCUT2D eigenvalue weighted by Crippen LogP contribution is -2.03. The average molecular weight is 196 g/mol. The predicted molar refractivity (Wildman–Crippen MR) is 52.8 cm³/mol. The van der Waals surface area contributed by atoms with E-state index in [2.05, 4.69) is 0 Å². The second-order valence-corrected chi connectivity index (χ2v) is 3.43. The van der Waals surface area contributed by atoms with Gasteiger partial charge in [-0.1, -0.05) is 5.57 Å². The smallest absolute Gasteiger partial charge is 0.305 e. The van der Waals surface area contributed by atoms with E-state index in [9.17, 15) is 9.59 Å². The number of carbonyl (C=O) groups excluding carboxylic acids is 2. The fourth-order valence-corrected chi connectivity index (χ4v) is 1.55. The van der Waals surface area contributed by atoms with E-state index in [4.69, 9.17) is 4.74 Å². The molecule has 0 aromatic rings. The number of carbonyl (C=O) groups is 2. The number of ketones is 1. The van der Waals surface area contributed by atoms with Gasteiger partial charge in [0.2, 0.25) is 0 Å². The van der Waals surface area contributed by atoms with E-state index >= 15 is 0 Å². The Labute approximate surface area is 84.1 Å². The summed E-state index contributed by atoms with van der Waals surface area (Å²) in [4.78, 5) is 21.9. The standard InChI is InChI=1S/C11H16O3/c1-2-14-11(13)5-3-4-9-6-7-10(12)8-9/h8H,2-7H2,1H3. The van der Waals surface area contributed by atoms with Gasteiger partial charge in [-0.25, -0.2) is 0 Å². The van der Waals surface area contributed by atoms with Gasteiger partial charge in [-0.3, -0.25) is 9.59 Å². The molecule has 0 radical (unpaired) electrons. The molecule has 3 nitrogen and oxygen atoms in total. The summed E-state index contributed by atoms with van der Waals surface area (Å²) in [6.45, 7) is 2.25. The van der Waals surface area contributed by atoms with Gasteiger partial charge in [-0.2, -0.15) is 0 Å². The summed E-state index contributed by atoms with van der Waals surface area (Å²) in [5.41, 5.74) is 1.18. The lowest BCUT2D eigenvalue weighted by Gasteiger charge is -2.01. The van der Waals surface area contributed by atoms with E-state index < -0.39 is 0 Å². The Morgan fingerprint density at radius 1 is 1.50 bits per heavy atom. The van der Waals surface area contributed by atoms with Crippen molar-refractivity contribution in [2.45, 2.75) is 39.0 Å². The van der Waals surface area contributed by atoms with Crippen LogP contribution in [0, 0.1) is 0 Å². The number of esters is 1. The lowest BCUT2D eigenvalue weighted by molar-refractivity contribution is -0.143. The van der Waals surface area contributed by atoms with Crippen LogP contribution >= 0.6 is 0 Å². The van der Waals surface area contributed by atoms with Crippen LogP contribution in [0.15, 0.2) is 11.6 Å². The van der Waals surface area contributed by atoms with E-state index in [1.165, 1.54) is 5.57 Å². The molecule has 0 aromatic heterocycles. The molecular formula is C11H16O3. The van der Waals surface area contributed by atoms with E-state index in [-0.39, 0.29) is 11.8 Å². The number of hydrogen-bond donors (Lipinski definition) is 0. The van der Waals surface area contributed by atoms with Gasteiger partial charge in [0.1, 0.15) is 0 Å². The highest BCUT2D eigenvalue weighted by Crippen LogP contribution is 2.20. The van der Waals surface area contributed by atoms with Crippen molar-refractivity contribution in [1.82, 2.24) is 0 Å². The maximum atomic E-state index is 11.0. The van der Waals surface area contributed by atoms with Crippen LogP contribution in [-0.4, -0.2) is 18.4 Å². The summed E-state index contributed by atoms with van der Waals surface area (Å²) in [7, 11) is 0. The molecule has 3 heteroatoms. The molecule has 0 aliphatic heterocycles. The molecule has 78 valence electrons. The molecule has 0 heterocycles. The first-order chi connectivity index (χ1) is 6.72. The van der Waals surface area contributed by atoms with E-state index in [0.29, 0.717) is 19.4 Å². The topological polar surface area (TPSA) is 43.4 Å². The molecule has 0 atom stereocenters. The van der Waals surface area contributed by atoms with Gasteiger partial charge < -0.3 is 4.74 Å². The molecule has 0 bridgehead atoms. The van der Waals surface area contributed by atoms with E-state index in [1.54, 1.807) is 13.0 Å². The Bertz CT molecular complexity index is 253. The molecule has 14 heavy (non-hydrogen) atoms. The average Bonchev–Trinajstić information content (AvgIpc) is 2.52. The third-order valence-electron chi connectivity index (χ3n) is 2.24. The Morgan fingerprint density at radius 3 is 2.86 bits per heavy atom. The maximum absolute atomic E-state index is 11.0. The minimum Gasteiger partial charge on any atom is -0.466 e. The summed E-state index contributed by atoms with van der Waals surface area (Å²) in [6, 6.07) is 0. The fourth-order valence-electron chi connectivity index (χ4n) is 1.55. The van der Waals surface area contributed by atoms with Crippen LogP contribution in [0.3, 0.4) is 0 Å². The molecule has 0 fully saturated rings. The molecule has 0 amide bonds. The normalized spacial score (nSPS) is 15.5. The van der Waals surface area contributed by atoms with E-state index in [1.807, 2.05) is 0 Å². The Hall–Kier alpha value is -1.12. The first-order valence-electron chi connectivity index (χ1n) is 5.10. The quantitative estimate of drug-likeness (QED) is 0.632. The predicted octanol–water partition coefficient (Wildman–Crippen LogP) is 2.01. The molecule has 0 N–H and O–H groups in total. The Morgan fingerprint density at radius 2 is 2.29 bits per heavy atom. The number of allylic oxidation sites excluding steroid dienone is 2. The molecule has 1 aliphatic carbocycles. The lowest BCUT2D eigenvalue weighted by atomic mass is 10.1. The minimum absolute atomic E-state index is 0.141. The Balaban J connectivity index is 2.12. The SMILES string of the molecule is CCOC(=O)CCCC1=CC(=O)CC1. The Kier molecular flexibility index (Phi) is 4.36. The zero-order chi connectivity index (χ0) is 10.4. The number of rotatable bonds is 5. The van der Waals surface area contributed by atoms with Crippen molar-refractivity contribution < 1.29 is 14.3 Å². The fraction of sp³-hybridized carbons (Fsp3) is 0.636. The third-order valence-corrected chi connectivity index (χ3v) is 2.24. The van der Waals surface area contributed by atoms with Gasteiger partial charge in [0.05, 0.1) is 6.61 Å². The molecule has 0 aromatic carbocycles. The van der Waals surface area contributed by atoms with Crippen molar-refractivity contribution in [2.75, 3.05) is 6.61 Å². The van der Waals surface area contributed by atoms with Gasteiger partial charge in [0.15, 0.2) is 5.78 Å². The third kappa shape index (κ3) is 3.73. The van der Waals surface area contributed by atoms with Gasteiger partial charge >= 0.3 is 5.97 Å². The van der Waals surface area contributed by atoms with Crippen molar-refractivity contribution >= 4 is 11.8 Å². The van der Waals surface area contributed by atoms with Crippen molar-refractivity contribution in [3.63, 3.8) is 0 Å². The highest BCUT2D eigenvalue weighted by molar-refractivity contribution is 5.92. The molecule has 0 saturated carbocycles.